The Bertz CT molecular complexity index is 718. The van der Waals surface area contributed by atoms with Crippen molar-refractivity contribution in [3.63, 3.8) is 0 Å². The molecule has 0 aliphatic carbocycles. The van der Waals surface area contributed by atoms with Crippen LogP contribution in [0.4, 0.5) is 0 Å². The van der Waals surface area contributed by atoms with Crippen LogP contribution in [-0.2, 0) is 38.1 Å². The number of unbranched alkanes of at least 4 members (excludes halogenated alkanes) is 1. The standard InChI is InChI=1S/C18H26O6.C6H10O2/c1-7-8-9-22-18(21)14(6)10-15(24-17(20)13(4)5)11-23-16(19)12(2)3;1-4-8-6(7)5(2)3/h15H,2,4,6-11H2,1,3,5H3;2,4H2,1,3H3. The predicted molar refractivity (Wildman–Crippen MR) is 122 cm³/mol. The fraction of sp³-hybridized carbons (Fsp3) is 0.500. The molecule has 0 N–H and O–H groups in total. The van der Waals surface area contributed by atoms with Gasteiger partial charge >= 0.3 is 23.9 Å². The van der Waals surface area contributed by atoms with Gasteiger partial charge in [-0.2, -0.15) is 0 Å². The zero-order chi connectivity index (χ0) is 25.3. The highest BCUT2D eigenvalue weighted by Gasteiger charge is 2.22. The molecule has 8 heteroatoms. The van der Waals surface area contributed by atoms with E-state index in [0.29, 0.717) is 18.8 Å². The second-order valence-corrected chi connectivity index (χ2v) is 6.98. The molecule has 8 nitrogen and oxygen atoms in total. The monoisotopic (exact) mass is 452 g/mol. The van der Waals surface area contributed by atoms with Crippen LogP contribution in [0.1, 0.15) is 53.9 Å². The summed E-state index contributed by atoms with van der Waals surface area (Å²) in [6.07, 6.45) is 0.787. The van der Waals surface area contributed by atoms with E-state index in [1.165, 1.54) is 13.8 Å². The van der Waals surface area contributed by atoms with Gasteiger partial charge in [0.1, 0.15) is 12.7 Å². The van der Waals surface area contributed by atoms with Crippen LogP contribution in [0.15, 0.2) is 48.6 Å². The first kappa shape index (κ1) is 31.0. The van der Waals surface area contributed by atoms with Crippen molar-refractivity contribution in [2.45, 2.75) is 60.0 Å². The van der Waals surface area contributed by atoms with Gasteiger partial charge in [-0.1, -0.05) is 39.7 Å². The van der Waals surface area contributed by atoms with Gasteiger partial charge in [-0.25, -0.2) is 19.2 Å². The Labute approximate surface area is 190 Å². The molecule has 0 aliphatic rings. The van der Waals surface area contributed by atoms with Crippen molar-refractivity contribution >= 4 is 23.9 Å². The first-order chi connectivity index (χ1) is 14.9. The maximum Gasteiger partial charge on any atom is 0.333 e. The highest BCUT2D eigenvalue weighted by atomic mass is 16.6. The van der Waals surface area contributed by atoms with Crippen LogP contribution in [0.3, 0.4) is 0 Å². The minimum Gasteiger partial charge on any atom is -0.463 e. The van der Waals surface area contributed by atoms with Gasteiger partial charge < -0.3 is 18.9 Å². The van der Waals surface area contributed by atoms with Gasteiger partial charge in [-0.05, 0) is 34.1 Å². The zero-order valence-corrected chi connectivity index (χ0v) is 19.9. The van der Waals surface area contributed by atoms with E-state index in [-0.39, 0.29) is 35.7 Å². The van der Waals surface area contributed by atoms with Crippen molar-refractivity contribution in [2.75, 3.05) is 19.8 Å². The molecule has 0 spiro atoms. The second kappa shape index (κ2) is 17.5. The lowest BCUT2D eigenvalue weighted by Crippen LogP contribution is -2.27. The molecule has 1 atom stereocenters. The second-order valence-electron chi connectivity index (χ2n) is 6.98. The number of esters is 4. The molecule has 0 bridgehead atoms. The van der Waals surface area contributed by atoms with Crippen molar-refractivity contribution < 1.29 is 38.1 Å². The summed E-state index contributed by atoms with van der Waals surface area (Å²) in [5.74, 6) is -2.13. The number of carbonyl (C=O) groups excluding carboxylic acids is 4. The Kier molecular flexibility index (Phi) is 17.0. The quantitative estimate of drug-likeness (QED) is 0.179. The summed E-state index contributed by atoms with van der Waals surface area (Å²) < 4.78 is 19.8. The molecule has 0 rings (SSSR count). The minimum absolute atomic E-state index is 0.00650. The molecule has 0 saturated heterocycles. The maximum atomic E-state index is 11.8. The molecule has 0 radical (unpaired) electrons. The van der Waals surface area contributed by atoms with E-state index in [4.69, 9.17) is 14.2 Å². The van der Waals surface area contributed by atoms with Gasteiger partial charge in [0.15, 0.2) is 0 Å². The van der Waals surface area contributed by atoms with Crippen molar-refractivity contribution in [2.24, 2.45) is 0 Å². The highest BCUT2D eigenvalue weighted by Crippen LogP contribution is 2.12. The molecule has 0 heterocycles. The average molecular weight is 453 g/mol. The largest absolute Gasteiger partial charge is 0.463 e. The van der Waals surface area contributed by atoms with Gasteiger partial charge in [0.05, 0.1) is 13.2 Å². The summed E-state index contributed by atoms with van der Waals surface area (Å²) in [6, 6.07) is 0. The maximum absolute atomic E-state index is 11.8. The summed E-state index contributed by atoms with van der Waals surface area (Å²) >= 11 is 0. The Morgan fingerprint density at radius 2 is 1.22 bits per heavy atom. The zero-order valence-electron chi connectivity index (χ0n) is 19.9. The van der Waals surface area contributed by atoms with Gasteiger partial charge in [-0.3, -0.25) is 0 Å². The SMILES string of the molecule is C=C(C)C(=O)OCC.C=C(C)C(=O)OCC(CC(=C)C(=O)OCCCC)OC(=O)C(=C)C. The predicted octanol–water partition coefficient (Wildman–Crippen LogP) is 4.01. The van der Waals surface area contributed by atoms with E-state index >= 15 is 0 Å². The first-order valence-electron chi connectivity index (χ1n) is 10.2. The van der Waals surface area contributed by atoms with E-state index in [0.717, 1.165) is 12.8 Å². The van der Waals surface area contributed by atoms with Crippen LogP contribution in [0.2, 0.25) is 0 Å². The lowest BCUT2D eigenvalue weighted by Gasteiger charge is -2.18. The van der Waals surface area contributed by atoms with E-state index in [1.807, 2.05) is 6.92 Å². The molecule has 0 aromatic carbocycles. The normalized spacial score (nSPS) is 10.4. The summed E-state index contributed by atoms with van der Waals surface area (Å²) in [5.41, 5.74) is 1.00. The van der Waals surface area contributed by atoms with Crippen LogP contribution < -0.4 is 0 Å². The number of ether oxygens (including phenoxy) is 4. The molecule has 0 saturated carbocycles. The van der Waals surface area contributed by atoms with Gasteiger partial charge in [0.2, 0.25) is 0 Å². The molecular weight excluding hydrogens is 416 g/mol. The molecule has 0 aliphatic heterocycles. The van der Waals surface area contributed by atoms with Gasteiger partial charge in [0.25, 0.3) is 0 Å². The van der Waals surface area contributed by atoms with Crippen molar-refractivity contribution in [1.82, 2.24) is 0 Å². The van der Waals surface area contributed by atoms with Crippen LogP contribution in [-0.4, -0.2) is 49.8 Å². The van der Waals surface area contributed by atoms with Crippen molar-refractivity contribution in [1.29, 1.82) is 0 Å². The minimum atomic E-state index is -0.858. The van der Waals surface area contributed by atoms with Crippen LogP contribution in [0.5, 0.6) is 0 Å². The van der Waals surface area contributed by atoms with Crippen LogP contribution in [0.25, 0.3) is 0 Å². The van der Waals surface area contributed by atoms with Crippen LogP contribution in [0, 0.1) is 0 Å². The molecule has 32 heavy (non-hydrogen) atoms. The Hall–Kier alpha value is -3.16. The highest BCUT2D eigenvalue weighted by molar-refractivity contribution is 5.89. The fourth-order valence-corrected chi connectivity index (χ4v) is 1.70. The molecule has 0 aromatic rings. The van der Waals surface area contributed by atoms with Crippen molar-refractivity contribution in [3.05, 3.63) is 48.6 Å². The van der Waals surface area contributed by atoms with E-state index in [1.54, 1.807) is 13.8 Å². The molecular formula is C24H36O8. The summed E-state index contributed by atoms with van der Waals surface area (Å²) in [5, 5.41) is 0. The molecule has 0 aromatic heterocycles. The topological polar surface area (TPSA) is 105 Å². The Balaban J connectivity index is 0. The van der Waals surface area contributed by atoms with E-state index in [2.05, 4.69) is 31.1 Å². The van der Waals surface area contributed by atoms with Crippen LogP contribution >= 0.6 is 0 Å². The number of hydrogen-bond acceptors (Lipinski definition) is 8. The fourth-order valence-electron chi connectivity index (χ4n) is 1.70. The van der Waals surface area contributed by atoms with E-state index < -0.39 is 24.0 Å². The lowest BCUT2D eigenvalue weighted by atomic mass is 10.1. The third kappa shape index (κ3) is 15.6. The van der Waals surface area contributed by atoms with Gasteiger partial charge in [-0.15, -0.1) is 0 Å². The van der Waals surface area contributed by atoms with Gasteiger partial charge in [0, 0.05) is 28.7 Å². The summed E-state index contributed by atoms with van der Waals surface area (Å²) in [7, 11) is 0. The molecule has 0 amide bonds. The number of rotatable bonds is 13. The average Bonchev–Trinajstić information content (AvgIpc) is 2.71. The first-order valence-corrected chi connectivity index (χ1v) is 10.2. The molecule has 0 fully saturated rings. The summed E-state index contributed by atoms with van der Waals surface area (Å²) in [6.45, 7) is 22.9. The van der Waals surface area contributed by atoms with E-state index in [9.17, 15) is 19.2 Å². The summed E-state index contributed by atoms with van der Waals surface area (Å²) in [4.78, 5) is 45.4. The van der Waals surface area contributed by atoms with Crippen molar-refractivity contribution in [3.8, 4) is 0 Å². The smallest absolute Gasteiger partial charge is 0.333 e. The number of carbonyl (C=O) groups is 4. The molecule has 180 valence electrons. The molecule has 1 unspecified atom stereocenters. The lowest BCUT2D eigenvalue weighted by molar-refractivity contribution is -0.154. The Morgan fingerprint density at radius 1 is 0.719 bits per heavy atom. The number of hydrogen-bond donors (Lipinski definition) is 0. The Morgan fingerprint density at radius 3 is 1.62 bits per heavy atom. The third-order valence-electron chi connectivity index (χ3n) is 3.49. The third-order valence-corrected chi connectivity index (χ3v) is 3.49.